The van der Waals surface area contributed by atoms with Crippen molar-refractivity contribution in [3.8, 4) is 11.8 Å². The molecule has 0 heterocycles. The molecule has 0 atom stereocenters. The minimum atomic E-state index is 0.684. The Bertz CT molecular complexity index is 410. The molecule has 19 heavy (non-hydrogen) atoms. The van der Waals surface area contributed by atoms with Crippen molar-refractivity contribution in [1.29, 1.82) is 5.26 Å². The standard InChI is InChI=1S/C17H23NO/c1-14-4-6-15(7-5-14)3-2-12-19-17-10-8-16(13-18)9-11-17/h8-11,14-15H,2-7,12H2,1H3. The van der Waals surface area contributed by atoms with Crippen LogP contribution in [0.2, 0.25) is 0 Å². The van der Waals surface area contributed by atoms with E-state index in [0.717, 1.165) is 30.6 Å². The summed E-state index contributed by atoms with van der Waals surface area (Å²) in [4.78, 5) is 0. The van der Waals surface area contributed by atoms with Crippen LogP contribution in [0.25, 0.3) is 0 Å². The van der Waals surface area contributed by atoms with Crippen molar-refractivity contribution < 1.29 is 4.74 Å². The lowest BCUT2D eigenvalue weighted by Crippen LogP contribution is -2.13. The summed E-state index contributed by atoms with van der Waals surface area (Å²) in [5.41, 5.74) is 0.684. The fourth-order valence-electron chi connectivity index (χ4n) is 2.81. The van der Waals surface area contributed by atoms with E-state index in [1.54, 1.807) is 12.1 Å². The number of hydrogen-bond acceptors (Lipinski definition) is 2. The third-order valence-electron chi connectivity index (χ3n) is 4.14. The summed E-state index contributed by atoms with van der Waals surface area (Å²) >= 11 is 0. The summed E-state index contributed by atoms with van der Waals surface area (Å²) in [5.74, 6) is 2.73. The molecule has 0 spiro atoms. The van der Waals surface area contributed by atoms with Gasteiger partial charge in [0.2, 0.25) is 0 Å². The summed E-state index contributed by atoms with van der Waals surface area (Å²) < 4.78 is 5.71. The SMILES string of the molecule is CC1CCC(CCCOc2ccc(C#N)cc2)CC1. The smallest absolute Gasteiger partial charge is 0.119 e. The van der Waals surface area contributed by atoms with Gasteiger partial charge in [-0.05, 0) is 48.9 Å². The Morgan fingerprint density at radius 2 is 1.84 bits per heavy atom. The lowest BCUT2D eigenvalue weighted by molar-refractivity contribution is 0.245. The topological polar surface area (TPSA) is 33.0 Å². The van der Waals surface area contributed by atoms with E-state index in [9.17, 15) is 0 Å². The van der Waals surface area contributed by atoms with Crippen LogP contribution < -0.4 is 4.74 Å². The molecule has 1 saturated carbocycles. The van der Waals surface area contributed by atoms with Crippen molar-refractivity contribution in [2.24, 2.45) is 11.8 Å². The zero-order chi connectivity index (χ0) is 13.5. The molecule has 1 aromatic carbocycles. The van der Waals surface area contributed by atoms with Crippen LogP contribution in [0.3, 0.4) is 0 Å². The third-order valence-corrected chi connectivity index (χ3v) is 4.14. The molecule has 0 bridgehead atoms. The van der Waals surface area contributed by atoms with Crippen LogP contribution in [0, 0.1) is 23.2 Å². The Kier molecular flexibility index (Phi) is 5.27. The molecule has 0 radical (unpaired) electrons. The normalized spacial score (nSPS) is 22.7. The highest BCUT2D eigenvalue weighted by Gasteiger charge is 2.17. The van der Waals surface area contributed by atoms with E-state index < -0.39 is 0 Å². The van der Waals surface area contributed by atoms with Gasteiger partial charge in [-0.25, -0.2) is 0 Å². The van der Waals surface area contributed by atoms with E-state index in [2.05, 4.69) is 13.0 Å². The maximum absolute atomic E-state index is 8.71. The predicted octanol–water partition coefficient (Wildman–Crippen LogP) is 4.54. The van der Waals surface area contributed by atoms with Gasteiger partial charge in [-0.15, -0.1) is 0 Å². The second-order valence-electron chi connectivity index (χ2n) is 5.75. The third kappa shape index (κ3) is 4.59. The fourth-order valence-corrected chi connectivity index (χ4v) is 2.81. The average molecular weight is 257 g/mol. The molecular formula is C17H23NO. The van der Waals surface area contributed by atoms with Gasteiger partial charge in [-0.1, -0.05) is 32.6 Å². The van der Waals surface area contributed by atoms with Crippen molar-refractivity contribution >= 4 is 0 Å². The van der Waals surface area contributed by atoms with Crippen LogP contribution in [-0.4, -0.2) is 6.61 Å². The molecule has 2 nitrogen and oxygen atoms in total. The number of rotatable bonds is 5. The van der Waals surface area contributed by atoms with Crippen LogP contribution >= 0.6 is 0 Å². The Labute approximate surface area is 116 Å². The van der Waals surface area contributed by atoms with Crippen molar-refractivity contribution in [3.63, 3.8) is 0 Å². The largest absolute Gasteiger partial charge is 0.494 e. The van der Waals surface area contributed by atoms with Gasteiger partial charge in [0.15, 0.2) is 0 Å². The molecule has 1 aromatic rings. The molecule has 1 aliphatic carbocycles. The molecule has 0 amide bonds. The lowest BCUT2D eigenvalue weighted by Gasteiger charge is -2.25. The number of ether oxygens (including phenoxy) is 1. The van der Waals surface area contributed by atoms with Gasteiger partial charge in [-0.3, -0.25) is 0 Å². The molecule has 2 heteroatoms. The monoisotopic (exact) mass is 257 g/mol. The average Bonchev–Trinajstić information content (AvgIpc) is 2.46. The fraction of sp³-hybridized carbons (Fsp3) is 0.588. The van der Waals surface area contributed by atoms with Gasteiger partial charge in [0.25, 0.3) is 0 Å². The lowest BCUT2D eigenvalue weighted by atomic mass is 9.81. The second kappa shape index (κ2) is 7.19. The number of nitriles is 1. The van der Waals surface area contributed by atoms with Gasteiger partial charge >= 0.3 is 0 Å². The first-order chi connectivity index (χ1) is 9.28. The van der Waals surface area contributed by atoms with Gasteiger partial charge in [0, 0.05) is 0 Å². The Morgan fingerprint density at radius 1 is 1.16 bits per heavy atom. The maximum atomic E-state index is 8.71. The molecule has 0 aliphatic heterocycles. The highest BCUT2D eigenvalue weighted by atomic mass is 16.5. The van der Waals surface area contributed by atoms with Crippen molar-refractivity contribution in [2.75, 3.05) is 6.61 Å². The molecule has 1 aliphatic rings. The summed E-state index contributed by atoms with van der Waals surface area (Å²) in [5, 5.41) is 8.71. The first-order valence-electron chi connectivity index (χ1n) is 7.41. The Hall–Kier alpha value is -1.49. The molecule has 1 fully saturated rings. The molecular weight excluding hydrogens is 234 g/mol. The minimum Gasteiger partial charge on any atom is -0.494 e. The van der Waals surface area contributed by atoms with E-state index in [1.165, 1.54) is 32.1 Å². The molecule has 0 saturated heterocycles. The van der Waals surface area contributed by atoms with Crippen molar-refractivity contribution in [1.82, 2.24) is 0 Å². The molecule has 102 valence electrons. The second-order valence-corrected chi connectivity index (χ2v) is 5.75. The zero-order valence-corrected chi connectivity index (χ0v) is 11.8. The van der Waals surface area contributed by atoms with E-state index in [-0.39, 0.29) is 0 Å². The first kappa shape index (κ1) is 13.9. The quantitative estimate of drug-likeness (QED) is 0.725. The number of benzene rings is 1. The molecule has 2 rings (SSSR count). The first-order valence-corrected chi connectivity index (χ1v) is 7.41. The van der Waals surface area contributed by atoms with Gasteiger partial charge in [0.1, 0.15) is 5.75 Å². The minimum absolute atomic E-state index is 0.684. The van der Waals surface area contributed by atoms with Gasteiger partial charge < -0.3 is 4.74 Å². The highest BCUT2D eigenvalue weighted by Crippen LogP contribution is 2.31. The van der Waals surface area contributed by atoms with Crippen molar-refractivity contribution in [3.05, 3.63) is 29.8 Å². The maximum Gasteiger partial charge on any atom is 0.119 e. The number of nitrogens with zero attached hydrogens (tertiary/aromatic N) is 1. The van der Waals surface area contributed by atoms with E-state index in [1.807, 2.05) is 12.1 Å². The molecule has 0 aromatic heterocycles. The van der Waals surface area contributed by atoms with Gasteiger partial charge in [0.05, 0.1) is 18.2 Å². The summed E-state index contributed by atoms with van der Waals surface area (Å²) in [6, 6.07) is 9.47. The Balaban J connectivity index is 1.62. The Morgan fingerprint density at radius 3 is 2.47 bits per heavy atom. The summed E-state index contributed by atoms with van der Waals surface area (Å²) in [6.45, 7) is 3.15. The molecule has 0 unspecified atom stereocenters. The zero-order valence-electron chi connectivity index (χ0n) is 11.8. The van der Waals surface area contributed by atoms with E-state index in [4.69, 9.17) is 10.00 Å². The van der Waals surface area contributed by atoms with Crippen LogP contribution in [0.15, 0.2) is 24.3 Å². The van der Waals surface area contributed by atoms with Crippen LogP contribution in [0.4, 0.5) is 0 Å². The summed E-state index contributed by atoms with van der Waals surface area (Å²) in [6.07, 6.45) is 8.04. The van der Waals surface area contributed by atoms with Crippen LogP contribution in [0.1, 0.15) is 51.0 Å². The van der Waals surface area contributed by atoms with Crippen LogP contribution in [0.5, 0.6) is 5.75 Å². The van der Waals surface area contributed by atoms with Gasteiger partial charge in [-0.2, -0.15) is 5.26 Å². The number of hydrogen-bond donors (Lipinski definition) is 0. The van der Waals surface area contributed by atoms with E-state index >= 15 is 0 Å². The van der Waals surface area contributed by atoms with Crippen LogP contribution in [-0.2, 0) is 0 Å². The highest BCUT2D eigenvalue weighted by molar-refractivity contribution is 5.34. The predicted molar refractivity (Wildman–Crippen MR) is 77.0 cm³/mol. The summed E-state index contributed by atoms with van der Waals surface area (Å²) in [7, 11) is 0. The van der Waals surface area contributed by atoms with E-state index in [0.29, 0.717) is 5.56 Å². The molecule has 0 N–H and O–H groups in total. The van der Waals surface area contributed by atoms with Crippen molar-refractivity contribution in [2.45, 2.75) is 45.4 Å².